The van der Waals surface area contributed by atoms with Crippen molar-refractivity contribution in [3.05, 3.63) is 23.8 Å². The minimum atomic E-state index is -0.514. The molecule has 0 bridgehead atoms. The van der Waals surface area contributed by atoms with Crippen LogP contribution in [0.1, 0.15) is 12.5 Å². The summed E-state index contributed by atoms with van der Waals surface area (Å²) in [4.78, 5) is 0. The monoisotopic (exact) mass is 225 g/mol. The van der Waals surface area contributed by atoms with Crippen LogP contribution in [0.4, 0.5) is 0 Å². The fourth-order valence-electron chi connectivity index (χ4n) is 1.55. The van der Waals surface area contributed by atoms with Crippen LogP contribution < -0.4 is 15.2 Å². The molecule has 90 valence electrons. The Labute approximate surface area is 96.0 Å². The van der Waals surface area contributed by atoms with E-state index in [0.29, 0.717) is 12.3 Å². The highest BCUT2D eigenvalue weighted by Gasteiger charge is 2.28. The topological polar surface area (TPSA) is 64.7 Å². The fourth-order valence-corrected chi connectivity index (χ4v) is 1.55. The second-order valence-electron chi connectivity index (χ2n) is 3.99. The number of aliphatic hydroxyl groups is 1. The highest BCUT2D eigenvalue weighted by molar-refractivity contribution is 5.45. The predicted octanol–water partition coefficient (Wildman–Crippen LogP) is 0.912. The third kappa shape index (κ3) is 2.28. The van der Waals surface area contributed by atoms with E-state index in [9.17, 15) is 5.11 Å². The first-order valence-corrected chi connectivity index (χ1v) is 5.14. The van der Waals surface area contributed by atoms with Gasteiger partial charge in [0.1, 0.15) is 11.5 Å². The third-order valence-electron chi connectivity index (χ3n) is 2.86. The lowest BCUT2D eigenvalue weighted by Gasteiger charge is -2.28. The Hall–Kier alpha value is -1.26. The van der Waals surface area contributed by atoms with Gasteiger partial charge in [0.2, 0.25) is 0 Å². The fraction of sp³-hybridized carbons (Fsp3) is 0.500. The van der Waals surface area contributed by atoms with E-state index in [1.807, 2.05) is 25.1 Å². The SMILES string of the molecule is COc1ccc(OC)c(C(C)(CN)CO)c1. The van der Waals surface area contributed by atoms with Crippen LogP contribution in [-0.2, 0) is 5.41 Å². The smallest absolute Gasteiger partial charge is 0.123 e. The summed E-state index contributed by atoms with van der Waals surface area (Å²) in [6.07, 6.45) is 0. The standard InChI is InChI=1S/C12H19NO3/c1-12(7-13,8-14)10-6-9(15-2)4-5-11(10)16-3/h4-6,14H,7-8,13H2,1-3H3. The van der Waals surface area contributed by atoms with E-state index in [4.69, 9.17) is 15.2 Å². The van der Waals surface area contributed by atoms with Gasteiger partial charge in [-0.25, -0.2) is 0 Å². The number of methoxy groups -OCH3 is 2. The molecule has 0 aliphatic carbocycles. The highest BCUT2D eigenvalue weighted by Crippen LogP contribution is 2.33. The number of aliphatic hydroxyl groups excluding tert-OH is 1. The van der Waals surface area contributed by atoms with E-state index in [-0.39, 0.29) is 6.61 Å². The Bertz CT molecular complexity index is 348. The molecule has 1 unspecified atom stereocenters. The van der Waals surface area contributed by atoms with Crippen LogP contribution in [0.3, 0.4) is 0 Å². The zero-order chi connectivity index (χ0) is 12.2. The van der Waals surface area contributed by atoms with Crippen molar-refractivity contribution in [2.45, 2.75) is 12.3 Å². The molecule has 0 saturated heterocycles. The lowest BCUT2D eigenvalue weighted by molar-refractivity contribution is 0.206. The maximum atomic E-state index is 9.45. The van der Waals surface area contributed by atoms with Gasteiger partial charge >= 0.3 is 0 Å². The summed E-state index contributed by atoms with van der Waals surface area (Å²) in [6, 6.07) is 5.48. The lowest BCUT2D eigenvalue weighted by atomic mass is 9.82. The van der Waals surface area contributed by atoms with Gasteiger partial charge in [-0.2, -0.15) is 0 Å². The van der Waals surface area contributed by atoms with Crippen LogP contribution >= 0.6 is 0 Å². The summed E-state index contributed by atoms with van der Waals surface area (Å²) < 4.78 is 10.4. The van der Waals surface area contributed by atoms with E-state index < -0.39 is 5.41 Å². The molecule has 0 aromatic heterocycles. The van der Waals surface area contributed by atoms with E-state index in [0.717, 1.165) is 11.3 Å². The van der Waals surface area contributed by atoms with Crippen molar-refractivity contribution in [3.63, 3.8) is 0 Å². The summed E-state index contributed by atoms with van der Waals surface area (Å²) in [5.74, 6) is 1.44. The predicted molar refractivity (Wildman–Crippen MR) is 63.0 cm³/mol. The molecule has 0 radical (unpaired) electrons. The van der Waals surface area contributed by atoms with Crippen molar-refractivity contribution in [1.82, 2.24) is 0 Å². The van der Waals surface area contributed by atoms with Crippen LogP contribution in [-0.4, -0.2) is 32.5 Å². The molecular weight excluding hydrogens is 206 g/mol. The van der Waals surface area contributed by atoms with Gasteiger partial charge in [-0.05, 0) is 18.2 Å². The Morgan fingerprint density at radius 1 is 1.31 bits per heavy atom. The van der Waals surface area contributed by atoms with E-state index >= 15 is 0 Å². The molecule has 0 amide bonds. The van der Waals surface area contributed by atoms with Gasteiger partial charge in [-0.1, -0.05) is 6.92 Å². The zero-order valence-corrected chi connectivity index (χ0v) is 9.99. The van der Waals surface area contributed by atoms with Gasteiger partial charge < -0.3 is 20.3 Å². The molecule has 16 heavy (non-hydrogen) atoms. The Balaban J connectivity index is 3.27. The quantitative estimate of drug-likeness (QED) is 0.782. The zero-order valence-electron chi connectivity index (χ0n) is 9.99. The summed E-state index contributed by atoms with van der Waals surface area (Å²) >= 11 is 0. The second-order valence-corrected chi connectivity index (χ2v) is 3.99. The molecule has 4 nitrogen and oxygen atoms in total. The number of rotatable bonds is 5. The van der Waals surface area contributed by atoms with Crippen molar-refractivity contribution >= 4 is 0 Å². The first-order chi connectivity index (χ1) is 7.61. The number of nitrogens with two attached hydrogens (primary N) is 1. The summed E-state index contributed by atoms with van der Waals surface area (Å²) in [5, 5.41) is 9.45. The molecule has 0 spiro atoms. The van der Waals surface area contributed by atoms with Gasteiger partial charge in [0.15, 0.2) is 0 Å². The van der Waals surface area contributed by atoms with Crippen molar-refractivity contribution in [2.75, 3.05) is 27.4 Å². The third-order valence-corrected chi connectivity index (χ3v) is 2.86. The Kier molecular flexibility index (Phi) is 4.15. The molecule has 0 saturated carbocycles. The molecule has 0 aliphatic rings. The van der Waals surface area contributed by atoms with Crippen LogP contribution in [0.15, 0.2) is 18.2 Å². The number of benzene rings is 1. The Morgan fingerprint density at radius 3 is 2.44 bits per heavy atom. The van der Waals surface area contributed by atoms with Gasteiger partial charge in [-0.3, -0.25) is 0 Å². The van der Waals surface area contributed by atoms with Crippen molar-refractivity contribution in [2.24, 2.45) is 5.73 Å². The van der Waals surface area contributed by atoms with Gasteiger partial charge in [0.05, 0.1) is 20.8 Å². The number of hydrogen-bond donors (Lipinski definition) is 2. The minimum absolute atomic E-state index is 0.0347. The van der Waals surface area contributed by atoms with Crippen LogP contribution in [0, 0.1) is 0 Å². The van der Waals surface area contributed by atoms with E-state index in [2.05, 4.69) is 0 Å². The maximum absolute atomic E-state index is 9.45. The Morgan fingerprint density at radius 2 is 2.00 bits per heavy atom. The molecule has 1 aromatic rings. The summed E-state index contributed by atoms with van der Waals surface area (Å²) in [6.45, 7) is 2.20. The van der Waals surface area contributed by atoms with Crippen LogP contribution in [0.2, 0.25) is 0 Å². The molecule has 0 aliphatic heterocycles. The second kappa shape index (κ2) is 5.18. The molecule has 3 N–H and O–H groups in total. The van der Waals surface area contributed by atoms with E-state index in [1.165, 1.54) is 0 Å². The van der Waals surface area contributed by atoms with Crippen molar-refractivity contribution in [3.8, 4) is 11.5 Å². The summed E-state index contributed by atoms with van der Waals surface area (Å²) in [5.41, 5.74) is 6.05. The number of hydrogen-bond acceptors (Lipinski definition) is 4. The van der Waals surface area contributed by atoms with Gasteiger partial charge in [0.25, 0.3) is 0 Å². The molecular formula is C12H19NO3. The molecule has 1 atom stereocenters. The average molecular weight is 225 g/mol. The first kappa shape index (κ1) is 12.8. The summed E-state index contributed by atoms with van der Waals surface area (Å²) in [7, 11) is 3.20. The van der Waals surface area contributed by atoms with Crippen molar-refractivity contribution in [1.29, 1.82) is 0 Å². The molecule has 1 aromatic carbocycles. The van der Waals surface area contributed by atoms with Gasteiger partial charge in [0, 0.05) is 17.5 Å². The molecule has 1 rings (SSSR count). The van der Waals surface area contributed by atoms with Gasteiger partial charge in [-0.15, -0.1) is 0 Å². The molecule has 4 heteroatoms. The largest absolute Gasteiger partial charge is 0.497 e. The highest BCUT2D eigenvalue weighted by atomic mass is 16.5. The first-order valence-electron chi connectivity index (χ1n) is 5.14. The number of ether oxygens (including phenoxy) is 2. The minimum Gasteiger partial charge on any atom is -0.497 e. The average Bonchev–Trinajstić information content (AvgIpc) is 2.37. The van der Waals surface area contributed by atoms with Crippen molar-refractivity contribution < 1.29 is 14.6 Å². The van der Waals surface area contributed by atoms with Crippen LogP contribution in [0.25, 0.3) is 0 Å². The normalized spacial score (nSPS) is 14.3. The molecule has 0 heterocycles. The molecule has 0 fully saturated rings. The van der Waals surface area contributed by atoms with E-state index in [1.54, 1.807) is 14.2 Å². The maximum Gasteiger partial charge on any atom is 0.123 e. The van der Waals surface area contributed by atoms with Crippen LogP contribution in [0.5, 0.6) is 11.5 Å². The lowest BCUT2D eigenvalue weighted by Crippen LogP contribution is -2.35.